The Bertz CT molecular complexity index is 974. The zero-order valence-electron chi connectivity index (χ0n) is 16.1. The number of hydrogen-bond acceptors (Lipinski definition) is 1. The van der Waals surface area contributed by atoms with E-state index in [9.17, 15) is 4.79 Å². The zero-order chi connectivity index (χ0) is 19.6. The third-order valence-electron chi connectivity index (χ3n) is 4.70. The van der Waals surface area contributed by atoms with Crippen molar-refractivity contribution in [3.05, 3.63) is 81.6 Å². The number of amides is 2. The Hall–Kier alpha value is -2.72. The minimum Gasteiger partial charge on any atom is -0.334 e. The van der Waals surface area contributed by atoms with E-state index >= 15 is 0 Å². The van der Waals surface area contributed by atoms with Crippen LogP contribution in [0.3, 0.4) is 0 Å². The average Bonchev–Trinajstić information content (AvgIpc) is 2.91. The second-order valence-corrected chi connectivity index (χ2v) is 7.25. The smallest absolute Gasteiger partial charge is 0.319 e. The number of halogens is 1. The van der Waals surface area contributed by atoms with Gasteiger partial charge in [-0.2, -0.15) is 0 Å². The fourth-order valence-electron chi connectivity index (χ4n) is 3.12. The molecule has 2 amide bonds. The first kappa shape index (κ1) is 19.1. The minimum atomic E-state index is -0.255. The summed E-state index contributed by atoms with van der Waals surface area (Å²) in [4.78, 5) is 12.2. The van der Waals surface area contributed by atoms with Crippen LogP contribution in [-0.4, -0.2) is 10.6 Å². The zero-order valence-corrected chi connectivity index (χ0v) is 16.8. The van der Waals surface area contributed by atoms with Crippen LogP contribution in [0, 0.1) is 27.7 Å². The number of nitrogens with one attached hydrogen (secondary N) is 2. The number of urea groups is 1. The lowest BCUT2D eigenvalue weighted by molar-refractivity contribution is 0.251. The van der Waals surface area contributed by atoms with Crippen LogP contribution in [0.25, 0.3) is 5.69 Å². The second-order valence-electron chi connectivity index (χ2n) is 6.84. The van der Waals surface area contributed by atoms with Crippen LogP contribution < -0.4 is 10.6 Å². The number of aromatic nitrogens is 1. The van der Waals surface area contributed by atoms with Gasteiger partial charge in [0.15, 0.2) is 0 Å². The molecule has 0 radical (unpaired) electrons. The highest BCUT2D eigenvalue weighted by molar-refractivity contribution is 6.31. The quantitative estimate of drug-likeness (QED) is 0.599. The predicted molar refractivity (Wildman–Crippen MR) is 112 cm³/mol. The van der Waals surface area contributed by atoms with E-state index in [0.29, 0.717) is 17.3 Å². The number of anilines is 1. The van der Waals surface area contributed by atoms with Crippen LogP contribution in [-0.2, 0) is 6.54 Å². The van der Waals surface area contributed by atoms with E-state index in [-0.39, 0.29) is 6.03 Å². The molecule has 0 saturated heterocycles. The number of carbonyl (C=O) groups is 1. The number of rotatable bonds is 4. The van der Waals surface area contributed by atoms with E-state index in [2.05, 4.69) is 66.3 Å². The van der Waals surface area contributed by atoms with Crippen LogP contribution in [0.5, 0.6) is 0 Å². The molecule has 1 aromatic heterocycles. The molecule has 0 aliphatic heterocycles. The van der Waals surface area contributed by atoms with Crippen molar-refractivity contribution in [1.82, 2.24) is 9.88 Å². The standard InChI is InChI=1S/C22H24ClN3O/c1-14-5-9-20(10-6-14)26-16(3)11-18(17(26)4)13-24-22(27)25-19-8-7-15(2)21(23)12-19/h5-12H,13H2,1-4H3,(H2,24,25,27). The van der Waals surface area contributed by atoms with E-state index in [1.165, 1.54) is 5.56 Å². The lowest BCUT2D eigenvalue weighted by Crippen LogP contribution is -2.28. The van der Waals surface area contributed by atoms with Crippen molar-refractivity contribution in [2.75, 3.05) is 5.32 Å². The number of carbonyl (C=O) groups excluding carboxylic acids is 1. The van der Waals surface area contributed by atoms with Gasteiger partial charge in [0, 0.05) is 34.3 Å². The molecule has 0 fully saturated rings. The summed E-state index contributed by atoms with van der Waals surface area (Å²) in [7, 11) is 0. The van der Waals surface area contributed by atoms with Gasteiger partial charge >= 0.3 is 6.03 Å². The molecule has 3 rings (SSSR count). The van der Waals surface area contributed by atoms with Crippen LogP contribution in [0.1, 0.15) is 28.1 Å². The first-order valence-electron chi connectivity index (χ1n) is 8.91. The summed E-state index contributed by atoms with van der Waals surface area (Å²) in [6, 6.07) is 15.8. The second kappa shape index (κ2) is 7.89. The van der Waals surface area contributed by atoms with Gasteiger partial charge in [0.25, 0.3) is 0 Å². The van der Waals surface area contributed by atoms with Crippen molar-refractivity contribution in [3.63, 3.8) is 0 Å². The van der Waals surface area contributed by atoms with E-state index < -0.39 is 0 Å². The van der Waals surface area contributed by atoms with Gasteiger partial charge < -0.3 is 15.2 Å². The number of aryl methyl sites for hydroxylation is 3. The largest absolute Gasteiger partial charge is 0.334 e. The van der Waals surface area contributed by atoms with Crippen molar-refractivity contribution in [2.24, 2.45) is 0 Å². The van der Waals surface area contributed by atoms with E-state index in [0.717, 1.165) is 28.2 Å². The highest BCUT2D eigenvalue weighted by Crippen LogP contribution is 2.22. The molecule has 27 heavy (non-hydrogen) atoms. The molecule has 0 aliphatic rings. The Kier molecular flexibility index (Phi) is 5.57. The summed E-state index contributed by atoms with van der Waals surface area (Å²) in [5.41, 5.74) is 7.36. The van der Waals surface area contributed by atoms with Crippen LogP contribution in [0.2, 0.25) is 5.02 Å². The van der Waals surface area contributed by atoms with Gasteiger partial charge in [0.1, 0.15) is 0 Å². The fourth-order valence-corrected chi connectivity index (χ4v) is 3.30. The molecule has 0 spiro atoms. The Morgan fingerprint density at radius 2 is 1.70 bits per heavy atom. The Labute approximate surface area is 165 Å². The summed E-state index contributed by atoms with van der Waals surface area (Å²) >= 11 is 6.10. The molecule has 5 heteroatoms. The summed E-state index contributed by atoms with van der Waals surface area (Å²) in [6.07, 6.45) is 0. The van der Waals surface area contributed by atoms with Crippen LogP contribution in [0.4, 0.5) is 10.5 Å². The van der Waals surface area contributed by atoms with Crippen LogP contribution >= 0.6 is 11.6 Å². The maximum Gasteiger partial charge on any atom is 0.319 e. The topological polar surface area (TPSA) is 46.1 Å². The van der Waals surface area contributed by atoms with Crippen molar-refractivity contribution in [1.29, 1.82) is 0 Å². The molecule has 0 aliphatic carbocycles. The van der Waals surface area contributed by atoms with Crippen LogP contribution in [0.15, 0.2) is 48.5 Å². The summed E-state index contributed by atoms with van der Waals surface area (Å²) in [5.74, 6) is 0. The number of nitrogens with zero attached hydrogens (tertiary/aromatic N) is 1. The van der Waals surface area contributed by atoms with Crippen molar-refractivity contribution < 1.29 is 4.79 Å². The van der Waals surface area contributed by atoms with Gasteiger partial charge in [0.05, 0.1) is 0 Å². The molecule has 0 atom stereocenters. The highest BCUT2D eigenvalue weighted by atomic mass is 35.5. The van der Waals surface area contributed by atoms with Crippen molar-refractivity contribution in [2.45, 2.75) is 34.2 Å². The van der Waals surface area contributed by atoms with E-state index in [1.54, 1.807) is 6.07 Å². The molecule has 2 aromatic carbocycles. The number of hydrogen-bond donors (Lipinski definition) is 2. The fraction of sp³-hybridized carbons (Fsp3) is 0.227. The Morgan fingerprint density at radius 3 is 2.37 bits per heavy atom. The van der Waals surface area contributed by atoms with Gasteiger partial charge in [-0.15, -0.1) is 0 Å². The maximum absolute atomic E-state index is 12.2. The number of benzene rings is 2. The molecule has 4 nitrogen and oxygen atoms in total. The average molecular weight is 382 g/mol. The molecule has 140 valence electrons. The normalized spacial score (nSPS) is 10.7. The Balaban J connectivity index is 1.69. The third kappa shape index (κ3) is 4.34. The van der Waals surface area contributed by atoms with E-state index in [4.69, 9.17) is 11.6 Å². The maximum atomic E-state index is 12.2. The Morgan fingerprint density at radius 1 is 1.00 bits per heavy atom. The van der Waals surface area contributed by atoms with Gasteiger partial charge in [0.2, 0.25) is 0 Å². The summed E-state index contributed by atoms with van der Waals surface area (Å²) in [5, 5.41) is 6.37. The first-order valence-corrected chi connectivity index (χ1v) is 9.29. The monoisotopic (exact) mass is 381 g/mol. The van der Waals surface area contributed by atoms with Gasteiger partial charge in [-0.1, -0.05) is 35.4 Å². The third-order valence-corrected chi connectivity index (χ3v) is 5.10. The minimum absolute atomic E-state index is 0.255. The van der Waals surface area contributed by atoms with E-state index in [1.807, 2.05) is 19.1 Å². The van der Waals surface area contributed by atoms with Crippen molar-refractivity contribution in [3.8, 4) is 5.69 Å². The molecule has 1 heterocycles. The molecule has 0 saturated carbocycles. The van der Waals surface area contributed by atoms with Gasteiger partial charge in [-0.05, 0) is 69.2 Å². The molecular formula is C22H24ClN3O. The lowest BCUT2D eigenvalue weighted by atomic mass is 10.2. The van der Waals surface area contributed by atoms with Gasteiger partial charge in [-0.25, -0.2) is 4.79 Å². The molecule has 0 bridgehead atoms. The SMILES string of the molecule is Cc1ccc(-n2c(C)cc(CNC(=O)Nc3ccc(C)c(Cl)c3)c2C)cc1. The van der Waals surface area contributed by atoms with Crippen molar-refractivity contribution >= 4 is 23.3 Å². The summed E-state index contributed by atoms with van der Waals surface area (Å²) < 4.78 is 2.20. The molecule has 3 aromatic rings. The summed E-state index contributed by atoms with van der Waals surface area (Å²) in [6.45, 7) is 8.60. The molecular weight excluding hydrogens is 358 g/mol. The van der Waals surface area contributed by atoms with Gasteiger partial charge in [-0.3, -0.25) is 0 Å². The predicted octanol–water partition coefficient (Wildman–Crippen LogP) is 5.69. The first-order chi connectivity index (χ1) is 12.8. The lowest BCUT2D eigenvalue weighted by Gasteiger charge is -2.11. The molecule has 0 unspecified atom stereocenters. The molecule has 2 N–H and O–H groups in total. The highest BCUT2D eigenvalue weighted by Gasteiger charge is 2.12.